The van der Waals surface area contributed by atoms with Gasteiger partial charge in [-0.3, -0.25) is 9.78 Å². The number of benzene rings is 1. The Labute approximate surface area is 178 Å². The van der Waals surface area contributed by atoms with Crippen LogP contribution >= 0.6 is 23.2 Å². The van der Waals surface area contributed by atoms with Crippen molar-refractivity contribution in [2.75, 3.05) is 11.1 Å². The van der Waals surface area contributed by atoms with Crippen molar-refractivity contribution in [3.8, 4) is 11.1 Å². The molecule has 7 heteroatoms. The fourth-order valence-corrected chi connectivity index (χ4v) is 5.49. The van der Waals surface area contributed by atoms with Crippen molar-refractivity contribution in [3.63, 3.8) is 0 Å². The van der Waals surface area contributed by atoms with E-state index in [1.807, 2.05) is 13.0 Å². The molecule has 0 aliphatic heterocycles. The zero-order chi connectivity index (χ0) is 20.3. The van der Waals surface area contributed by atoms with Gasteiger partial charge in [0.2, 0.25) is 5.91 Å². The largest absolute Gasteiger partial charge is 0.397 e. The first-order valence-corrected chi connectivity index (χ1v) is 10.5. The van der Waals surface area contributed by atoms with Crippen molar-refractivity contribution in [1.29, 1.82) is 0 Å². The highest BCUT2D eigenvalue weighted by molar-refractivity contribution is 6.45. The van der Waals surface area contributed by atoms with Crippen LogP contribution in [0.5, 0.6) is 0 Å². The normalized spacial score (nSPS) is 22.5. The highest BCUT2D eigenvalue weighted by Crippen LogP contribution is 2.57. The molecule has 2 aromatic heterocycles. The van der Waals surface area contributed by atoms with Crippen LogP contribution in [0.4, 0.5) is 11.5 Å². The van der Waals surface area contributed by atoms with Gasteiger partial charge in [-0.1, -0.05) is 29.6 Å². The van der Waals surface area contributed by atoms with Gasteiger partial charge in [-0.05, 0) is 49.3 Å². The molecule has 2 aliphatic carbocycles. The number of hydrogen-bond acceptors (Lipinski definition) is 4. The second kappa shape index (κ2) is 6.85. The average Bonchev–Trinajstić information content (AvgIpc) is 3.20. The Bertz CT molecular complexity index is 1150. The van der Waals surface area contributed by atoms with E-state index >= 15 is 0 Å². The van der Waals surface area contributed by atoms with Crippen LogP contribution < -0.4 is 11.1 Å². The third-order valence-electron chi connectivity index (χ3n) is 6.38. The maximum absolute atomic E-state index is 12.6. The molecule has 5 nitrogen and oxygen atoms in total. The van der Waals surface area contributed by atoms with E-state index in [9.17, 15) is 4.79 Å². The second-order valence-electron chi connectivity index (χ2n) is 8.00. The SMILES string of the molecule is Cc1ccncc1-c1c(Cl)c(N)c2cnc(NC(=O)[C@H]3[C@@H]4CCC[C@@H]43)cc2c1Cl. The van der Waals surface area contributed by atoms with Crippen molar-refractivity contribution in [3.05, 3.63) is 46.3 Å². The maximum atomic E-state index is 12.6. The van der Waals surface area contributed by atoms with Crippen molar-refractivity contribution < 1.29 is 4.79 Å². The minimum Gasteiger partial charge on any atom is -0.397 e. The third kappa shape index (κ3) is 2.95. The summed E-state index contributed by atoms with van der Waals surface area (Å²) < 4.78 is 0. The minimum absolute atomic E-state index is 0.0490. The summed E-state index contributed by atoms with van der Waals surface area (Å²) >= 11 is 13.4. The molecule has 3 atom stereocenters. The maximum Gasteiger partial charge on any atom is 0.229 e. The molecule has 29 heavy (non-hydrogen) atoms. The van der Waals surface area contributed by atoms with E-state index in [-0.39, 0.29) is 11.8 Å². The van der Waals surface area contributed by atoms with Crippen LogP contribution in [0.1, 0.15) is 24.8 Å². The van der Waals surface area contributed by atoms with E-state index in [4.69, 9.17) is 28.9 Å². The van der Waals surface area contributed by atoms with Gasteiger partial charge in [0.1, 0.15) is 5.82 Å². The predicted molar refractivity (Wildman–Crippen MR) is 117 cm³/mol. The number of anilines is 2. The van der Waals surface area contributed by atoms with Crippen molar-refractivity contribution in [1.82, 2.24) is 9.97 Å². The molecule has 2 aliphatic rings. The number of nitrogens with one attached hydrogen (secondary N) is 1. The number of aryl methyl sites for hydroxylation is 1. The van der Waals surface area contributed by atoms with Crippen LogP contribution in [-0.4, -0.2) is 15.9 Å². The Morgan fingerprint density at radius 1 is 1.17 bits per heavy atom. The van der Waals surface area contributed by atoms with Crippen LogP contribution in [0.25, 0.3) is 21.9 Å². The van der Waals surface area contributed by atoms with E-state index in [1.165, 1.54) is 6.42 Å². The molecule has 2 saturated carbocycles. The highest BCUT2D eigenvalue weighted by atomic mass is 35.5. The molecule has 0 unspecified atom stereocenters. The van der Waals surface area contributed by atoms with Gasteiger partial charge >= 0.3 is 0 Å². The number of fused-ring (bicyclic) bond motifs is 2. The summed E-state index contributed by atoms with van der Waals surface area (Å²) in [5, 5.41) is 5.17. The Morgan fingerprint density at radius 3 is 2.66 bits per heavy atom. The van der Waals surface area contributed by atoms with Gasteiger partial charge in [-0.15, -0.1) is 0 Å². The molecule has 2 heterocycles. The van der Waals surface area contributed by atoms with Gasteiger partial charge in [0.05, 0.1) is 15.7 Å². The van der Waals surface area contributed by atoms with Crippen LogP contribution in [0.15, 0.2) is 30.7 Å². The van der Waals surface area contributed by atoms with E-state index in [1.54, 1.807) is 24.7 Å². The molecule has 0 saturated heterocycles. The second-order valence-corrected chi connectivity index (χ2v) is 8.75. The number of hydrogen-bond donors (Lipinski definition) is 2. The number of pyridine rings is 2. The van der Waals surface area contributed by atoms with E-state index in [0.29, 0.717) is 49.7 Å². The lowest BCUT2D eigenvalue weighted by Crippen LogP contribution is -2.17. The monoisotopic (exact) mass is 426 g/mol. The summed E-state index contributed by atoms with van der Waals surface area (Å²) in [4.78, 5) is 21.2. The zero-order valence-electron chi connectivity index (χ0n) is 15.9. The van der Waals surface area contributed by atoms with Crippen LogP contribution in [0.2, 0.25) is 10.0 Å². The summed E-state index contributed by atoms with van der Waals surface area (Å²) in [7, 11) is 0. The van der Waals surface area contributed by atoms with Crippen LogP contribution in [0.3, 0.4) is 0 Å². The Hall–Kier alpha value is -2.37. The molecule has 5 rings (SSSR count). The first-order chi connectivity index (χ1) is 14.0. The first-order valence-electron chi connectivity index (χ1n) is 9.75. The number of nitrogen functional groups attached to an aromatic ring is 1. The third-order valence-corrected chi connectivity index (χ3v) is 7.16. The van der Waals surface area contributed by atoms with Crippen LogP contribution in [0, 0.1) is 24.7 Å². The minimum atomic E-state index is 0.0490. The number of nitrogens with zero attached hydrogens (tertiary/aromatic N) is 2. The molecule has 0 bridgehead atoms. The lowest BCUT2D eigenvalue weighted by atomic mass is 9.98. The number of carbonyl (C=O) groups is 1. The fraction of sp³-hybridized carbons (Fsp3) is 0.318. The van der Waals surface area contributed by atoms with Gasteiger partial charge < -0.3 is 11.1 Å². The Morgan fingerprint density at radius 2 is 1.93 bits per heavy atom. The van der Waals surface area contributed by atoms with Crippen molar-refractivity contribution >= 4 is 51.4 Å². The van der Waals surface area contributed by atoms with Gasteiger partial charge in [0.15, 0.2) is 0 Å². The van der Waals surface area contributed by atoms with E-state index < -0.39 is 0 Å². The number of nitrogens with two attached hydrogens (primary N) is 1. The van der Waals surface area contributed by atoms with Gasteiger partial charge in [0, 0.05) is 46.4 Å². The molecule has 1 amide bonds. The molecule has 3 aromatic rings. The standard InChI is InChI=1S/C22H20Cl2N4O/c1-10-5-6-26-8-14(10)18-19(23)13-7-16(27-9-15(13)21(25)20(18)24)28-22(29)17-11-3-2-4-12(11)17/h5-9,11-12,17H,2-4,25H2,1H3,(H,27,28,29)/t11-,12+,17+. The topological polar surface area (TPSA) is 80.9 Å². The molecule has 1 aromatic carbocycles. The number of aromatic nitrogens is 2. The fourth-order valence-electron chi connectivity index (χ4n) is 4.79. The Kier molecular flexibility index (Phi) is 4.41. The van der Waals surface area contributed by atoms with Crippen molar-refractivity contribution in [2.24, 2.45) is 17.8 Å². The number of halogens is 2. The van der Waals surface area contributed by atoms with Crippen molar-refractivity contribution in [2.45, 2.75) is 26.2 Å². The van der Waals surface area contributed by atoms with E-state index in [0.717, 1.165) is 24.0 Å². The summed E-state index contributed by atoms with van der Waals surface area (Å²) in [5.74, 6) is 1.75. The average molecular weight is 427 g/mol. The molecule has 0 radical (unpaired) electrons. The molecule has 2 fully saturated rings. The first kappa shape index (κ1) is 18.6. The quantitative estimate of drug-likeness (QED) is 0.543. The predicted octanol–water partition coefficient (Wildman–Crippen LogP) is 5.48. The summed E-state index contributed by atoms with van der Waals surface area (Å²) in [5.41, 5.74) is 9.17. The smallest absolute Gasteiger partial charge is 0.229 e. The van der Waals surface area contributed by atoms with Gasteiger partial charge in [-0.25, -0.2) is 4.98 Å². The molecular formula is C22H20Cl2N4O. The van der Waals surface area contributed by atoms with E-state index in [2.05, 4.69) is 15.3 Å². The molecule has 0 spiro atoms. The number of rotatable bonds is 3. The lowest BCUT2D eigenvalue weighted by Gasteiger charge is -2.16. The summed E-state index contributed by atoms with van der Waals surface area (Å²) in [6.07, 6.45) is 8.61. The Balaban J connectivity index is 1.56. The number of carbonyl (C=O) groups excluding carboxylic acids is 1. The van der Waals surface area contributed by atoms with Crippen LogP contribution in [-0.2, 0) is 4.79 Å². The van der Waals surface area contributed by atoms with Gasteiger partial charge in [-0.2, -0.15) is 0 Å². The summed E-state index contributed by atoms with van der Waals surface area (Å²) in [6.45, 7) is 1.97. The van der Waals surface area contributed by atoms with Gasteiger partial charge in [0.25, 0.3) is 0 Å². The molecular weight excluding hydrogens is 407 g/mol. The number of amides is 1. The molecule has 148 valence electrons. The zero-order valence-corrected chi connectivity index (χ0v) is 17.4. The summed E-state index contributed by atoms with van der Waals surface area (Å²) in [6, 6.07) is 3.67. The highest BCUT2D eigenvalue weighted by Gasteiger charge is 2.56. The lowest BCUT2D eigenvalue weighted by molar-refractivity contribution is -0.118. The molecule has 3 N–H and O–H groups in total.